The minimum Gasteiger partial charge on any atom is -0.463 e. The first-order valence-electron chi connectivity index (χ1n) is 5.66. The van der Waals surface area contributed by atoms with Gasteiger partial charge < -0.3 is 9.47 Å². The average Bonchev–Trinajstić information content (AvgIpc) is 2.44. The molecule has 0 spiro atoms. The van der Waals surface area contributed by atoms with Gasteiger partial charge in [-0.05, 0) is 24.6 Å². The minimum atomic E-state index is -0.627. The maximum absolute atomic E-state index is 11.3. The zero-order valence-electron chi connectivity index (χ0n) is 10.5. The second-order valence-corrected chi connectivity index (χ2v) is 3.50. The number of hydrogen-bond donors (Lipinski definition) is 0. The maximum atomic E-state index is 11.3. The summed E-state index contributed by atoms with van der Waals surface area (Å²) in [7, 11) is 0. The quantitative estimate of drug-likeness (QED) is 0.594. The fraction of sp³-hybridized carbons (Fsp3) is 0.214. The summed E-state index contributed by atoms with van der Waals surface area (Å²) in [6.07, 6.45) is 2.03. The highest BCUT2D eigenvalue weighted by Gasteiger charge is 2.01. The van der Waals surface area contributed by atoms with Crippen molar-refractivity contribution in [1.82, 2.24) is 0 Å². The van der Waals surface area contributed by atoms with Crippen molar-refractivity contribution in [2.75, 3.05) is 6.61 Å². The minimum absolute atomic E-state index is 0.0811. The Bertz CT molecular complexity index is 511. The van der Waals surface area contributed by atoms with Gasteiger partial charge in [-0.15, -0.1) is 0 Å². The Labute approximate surface area is 111 Å². The number of hydrogen-bond acceptors (Lipinski definition) is 5. The van der Waals surface area contributed by atoms with Crippen LogP contribution < -0.4 is 0 Å². The van der Waals surface area contributed by atoms with E-state index in [1.54, 1.807) is 31.2 Å². The molecule has 1 aromatic carbocycles. The van der Waals surface area contributed by atoms with Crippen LogP contribution in [0.1, 0.15) is 18.1 Å². The molecule has 1 rings (SSSR count). The highest BCUT2D eigenvalue weighted by atomic mass is 16.5. The Balaban J connectivity index is 2.41. The summed E-state index contributed by atoms with van der Waals surface area (Å²) in [5.74, 6) is -1.21. The Morgan fingerprint density at radius 1 is 1.16 bits per heavy atom. The first kappa shape index (κ1) is 14.5. The molecule has 0 aliphatic carbocycles. The molecule has 0 saturated carbocycles. The van der Waals surface area contributed by atoms with E-state index in [9.17, 15) is 9.59 Å². The van der Waals surface area contributed by atoms with Gasteiger partial charge in [0.25, 0.3) is 0 Å². The van der Waals surface area contributed by atoms with Crippen LogP contribution in [0.4, 0.5) is 0 Å². The van der Waals surface area contributed by atoms with Crippen molar-refractivity contribution >= 4 is 11.9 Å². The van der Waals surface area contributed by atoms with Gasteiger partial charge in [0.1, 0.15) is 6.61 Å². The van der Waals surface area contributed by atoms with Gasteiger partial charge in [-0.1, -0.05) is 12.1 Å². The van der Waals surface area contributed by atoms with Gasteiger partial charge in [-0.3, -0.25) is 0 Å². The topological polar surface area (TPSA) is 76.4 Å². The van der Waals surface area contributed by atoms with Crippen molar-refractivity contribution in [3.8, 4) is 6.07 Å². The van der Waals surface area contributed by atoms with E-state index in [4.69, 9.17) is 10.00 Å². The summed E-state index contributed by atoms with van der Waals surface area (Å²) in [6, 6.07) is 8.66. The van der Waals surface area contributed by atoms with Crippen molar-refractivity contribution in [3.05, 3.63) is 47.5 Å². The summed E-state index contributed by atoms with van der Waals surface area (Å²) in [6.45, 7) is 2.01. The number of carbonyl (C=O) groups excluding carboxylic acids is 2. The van der Waals surface area contributed by atoms with Gasteiger partial charge in [0.15, 0.2) is 0 Å². The SMILES string of the molecule is CCOC(=O)/C=C/C(=O)OCc1ccc(C#N)cc1. The average molecular weight is 259 g/mol. The molecular formula is C14H13NO4. The predicted octanol–water partition coefficient (Wildman–Crippen LogP) is 1.72. The molecule has 5 nitrogen and oxygen atoms in total. The van der Waals surface area contributed by atoms with E-state index in [1.807, 2.05) is 6.07 Å². The Hall–Kier alpha value is -2.61. The molecule has 98 valence electrons. The van der Waals surface area contributed by atoms with Gasteiger partial charge in [-0.25, -0.2) is 9.59 Å². The number of nitriles is 1. The van der Waals surface area contributed by atoms with Crippen molar-refractivity contribution in [3.63, 3.8) is 0 Å². The van der Waals surface area contributed by atoms with Crippen molar-refractivity contribution in [1.29, 1.82) is 5.26 Å². The molecule has 0 radical (unpaired) electrons. The highest BCUT2D eigenvalue weighted by Crippen LogP contribution is 2.05. The van der Waals surface area contributed by atoms with E-state index < -0.39 is 11.9 Å². The van der Waals surface area contributed by atoms with E-state index in [1.165, 1.54) is 0 Å². The van der Waals surface area contributed by atoms with Crippen LogP contribution in [0.2, 0.25) is 0 Å². The Kier molecular flexibility index (Phi) is 5.83. The predicted molar refractivity (Wildman–Crippen MR) is 66.7 cm³/mol. The number of benzene rings is 1. The third-order valence-corrected chi connectivity index (χ3v) is 2.11. The molecule has 0 bridgehead atoms. The lowest BCUT2D eigenvalue weighted by atomic mass is 10.2. The lowest BCUT2D eigenvalue weighted by molar-refractivity contribution is -0.141. The lowest BCUT2D eigenvalue weighted by Gasteiger charge is -2.02. The molecule has 19 heavy (non-hydrogen) atoms. The molecule has 0 N–H and O–H groups in total. The fourth-order valence-corrected chi connectivity index (χ4v) is 1.20. The number of ether oxygens (including phenoxy) is 2. The molecule has 0 aromatic heterocycles. The first-order valence-corrected chi connectivity index (χ1v) is 5.66. The van der Waals surface area contributed by atoms with Crippen LogP contribution in [0.15, 0.2) is 36.4 Å². The van der Waals surface area contributed by atoms with Gasteiger partial charge in [0, 0.05) is 12.2 Å². The largest absolute Gasteiger partial charge is 0.463 e. The van der Waals surface area contributed by atoms with Gasteiger partial charge in [-0.2, -0.15) is 5.26 Å². The molecule has 0 fully saturated rings. The molecule has 0 aliphatic heterocycles. The molecular weight excluding hydrogens is 246 g/mol. The number of nitrogens with zero attached hydrogens (tertiary/aromatic N) is 1. The Morgan fingerprint density at radius 2 is 1.74 bits per heavy atom. The van der Waals surface area contributed by atoms with Crippen LogP contribution in [-0.2, 0) is 25.7 Å². The zero-order chi connectivity index (χ0) is 14.1. The maximum Gasteiger partial charge on any atom is 0.331 e. The molecule has 0 saturated heterocycles. The van der Waals surface area contributed by atoms with Gasteiger partial charge in [0.05, 0.1) is 18.2 Å². The van der Waals surface area contributed by atoms with Gasteiger partial charge in [0.2, 0.25) is 0 Å². The number of rotatable bonds is 5. The normalized spacial score (nSPS) is 9.89. The molecule has 0 aliphatic rings. The molecule has 0 unspecified atom stereocenters. The molecule has 1 aromatic rings. The third-order valence-electron chi connectivity index (χ3n) is 2.11. The first-order chi connectivity index (χ1) is 9.15. The smallest absolute Gasteiger partial charge is 0.331 e. The summed E-state index contributed by atoms with van der Waals surface area (Å²) in [4.78, 5) is 22.2. The Morgan fingerprint density at radius 3 is 2.26 bits per heavy atom. The second-order valence-electron chi connectivity index (χ2n) is 3.50. The van der Waals surface area contributed by atoms with E-state index in [2.05, 4.69) is 4.74 Å². The molecule has 0 amide bonds. The second kappa shape index (κ2) is 7.67. The fourth-order valence-electron chi connectivity index (χ4n) is 1.20. The molecule has 5 heteroatoms. The monoisotopic (exact) mass is 259 g/mol. The van der Waals surface area contributed by atoms with Crippen LogP contribution in [0.25, 0.3) is 0 Å². The van der Waals surface area contributed by atoms with Crippen LogP contribution in [-0.4, -0.2) is 18.5 Å². The van der Waals surface area contributed by atoms with Crippen molar-refractivity contribution in [2.45, 2.75) is 13.5 Å². The summed E-state index contributed by atoms with van der Waals surface area (Å²) >= 11 is 0. The summed E-state index contributed by atoms with van der Waals surface area (Å²) in [5.41, 5.74) is 1.30. The van der Waals surface area contributed by atoms with Crippen molar-refractivity contribution in [2.24, 2.45) is 0 Å². The standard InChI is InChI=1S/C14H13NO4/c1-2-18-13(16)7-8-14(17)19-10-12-5-3-11(9-15)4-6-12/h3-8H,2,10H2,1H3/b8-7+. The van der Waals surface area contributed by atoms with E-state index in [0.717, 1.165) is 17.7 Å². The van der Waals surface area contributed by atoms with Crippen LogP contribution in [0, 0.1) is 11.3 Å². The third kappa shape index (κ3) is 5.50. The number of esters is 2. The van der Waals surface area contributed by atoms with Crippen LogP contribution in [0.5, 0.6) is 0 Å². The lowest BCUT2D eigenvalue weighted by Crippen LogP contribution is -2.04. The van der Waals surface area contributed by atoms with Crippen LogP contribution in [0.3, 0.4) is 0 Å². The molecule has 0 atom stereocenters. The molecule has 0 heterocycles. The number of carbonyl (C=O) groups is 2. The van der Waals surface area contributed by atoms with Gasteiger partial charge >= 0.3 is 11.9 Å². The highest BCUT2D eigenvalue weighted by molar-refractivity contribution is 5.91. The zero-order valence-corrected chi connectivity index (χ0v) is 10.5. The van der Waals surface area contributed by atoms with Crippen molar-refractivity contribution < 1.29 is 19.1 Å². The summed E-state index contributed by atoms with van der Waals surface area (Å²) in [5, 5.41) is 8.62. The van der Waals surface area contributed by atoms with E-state index in [-0.39, 0.29) is 13.2 Å². The van der Waals surface area contributed by atoms with E-state index in [0.29, 0.717) is 5.56 Å². The van der Waals surface area contributed by atoms with E-state index >= 15 is 0 Å². The summed E-state index contributed by atoms with van der Waals surface area (Å²) < 4.78 is 9.53. The van der Waals surface area contributed by atoms with Crippen LogP contribution >= 0.6 is 0 Å².